The van der Waals surface area contributed by atoms with Crippen molar-refractivity contribution in [3.05, 3.63) is 287 Å². The van der Waals surface area contributed by atoms with Crippen LogP contribution in [-0.4, -0.2) is 179 Å². The molecule has 0 radical (unpaired) electrons. The highest BCUT2D eigenvalue weighted by Crippen LogP contribution is 2.36. The summed E-state index contributed by atoms with van der Waals surface area (Å²) in [7, 11) is 9.54. The molecule has 0 bridgehead atoms. The Kier molecular flexibility index (Phi) is 24.4. The van der Waals surface area contributed by atoms with Gasteiger partial charge in [0.2, 0.25) is 5.95 Å². The number of aromatic amines is 1. The largest absolute Gasteiger partial charge is 0.491 e. The van der Waals surface area contributed by atoms with Crippen LogP contribution in [0.2, 0.25) is 0 Å². The zero-order chi connectivity index (χ0) is 92.8. The van der Waals surface area contributed by atoms with E-state index >= 15 is 0 Å². The normalized spacial score (nSPS) is 14.5. The molecule has 2 unspecified atom stereocenters. The maximum absolute atomic E-state index is 5.75. The van der Waals surface area contributed by atoms with Gasteiger partial charge in [0.25, 0.3) is 0 Å². The molecule has 2 fully saturated rings. The molecule has 4 aromatic carbocycles. The van der Waals surface area contributed by atoms with E-state index in [0.717, 1.165) is 219 Å². The van der Waals surface area contributed by atoms with Gasteiger partial charge >= 0.3 is 0 Å². The van der Waals surface area contributed by atoms with E-state index in [9.17, 15) is 0 Å². The minimum atomic E-state index is 0.126. The summed E-state index contributed by atoms with van der Waals surface area (Å²) < 4.78 is 26.9. The number of rotatable bonds is 20. The van der Waals surface area contributed by atoms with E-state index in [1.807, 2.05) is 242 Å². The second-order valence-electron chi connectivity index (χ2n) is 34.3. The molecule has 17 aromatic heterocycles. The highest BCUT2D eigenvalue weighted by Gasteiger charge is 2.25. The van der Waals surface area contributed by atoms with Crippen LogP contribution >= 0.6 is 0 Å². The highest BCUT2D eigenvalue weighted by atomic mass is 16.5. The molecular weight excluding hydrogens is 1730 g/mol. The molecule has 4 aliphatic heterocycles. The van der Waals surface area contributed by atoms with E-state index in [0.29, 0.717) is 29.5 Å². The van der Waals surface area contributed by atoms with Crippen molar-refractivity contribution in [3.63, 3.8) is 0 Å². The van der Waals surface area contributed by atoms with Crippen molar-refractivity contribution in [3.8, 4) is 67.7 Å². The molecule has 4 aliphatic rings. The number of nitrogens with one attached hydrogen (secondary N) is 10. The van der Waals surface area contributed by atoms with Gasteiger partial charge in [0.1, 0.15) is 5.75 Å². The van der Waals surface area contributed by atoms with Crippen molar-refractivity contribution in [2.45, 2.75) is 83.4 Å². The Morgan fingerprint density at radius 2 is 0.898 bits per heavy atom. The number of ether oxygens (including phenoxy) is 1. The lowest BCUT2D eigenvalue weighted by Crippen LogP contribution is -2.29. The Bertz CT molecular complexity index is 7590. The summed E-state index contributed by atoms with van der Waals surface area (Å²) in [5.41, 5.74) is 26.3. The first-order valence-electron chi connectivity index (χ1n) is 45.7. The number of fused-ring (bicyclic) bond motifs is 7. The Morgan fingerprint density at radius 3 is 1.39 bits per heavy atom. The number of benzene rings is 4. The number of H-pyrrole nitrogens is 1. The van der Waals surface area contributed by atoms with Gasteiger partial charge in [-0.05, 0) is 156 Å². The molecule has 0 amide bonds. The van der Waals surface area contributed by atoms with Gasteiger partial charge in [-0.25, -0.2) is 59.8 Å². The minimum Gasteiger partial charge on any atom is -0.491 e. The van der Waals surface area contributed by atoms with E-state index in [4.69, 9.17) is 14.7 Å². The lowest BCUT2D eigenvalue weighted by Gasteiger charge is -2.23. The third kappa shape index (κ3) is 19.1. The third-order valence-electron chi connectivity index (χ3n) is 24.3. The highest BCUT2D eigenvalue weighted by molar-refractivity contribution is 5.80. The van der Waals surface area contributed by atoms with E-state index in [1.165, 1.54) is 35.2 Å². The summed E-state index contributed by atoms with van der Waals surface area (Å²) in [6.07, 6.45) is 60.7. The average molecular weight is 1830 g/mol. The van der Waals surface area contributed by atoms with Crippen LogP contribution in [0.25, 0.3) is 90.2 Å². The first-order valence-corrected chi connectivity index (χ1v) is 45.7. The van der Waals surface area contributed by atoms with E-state index in [-0.39, 0.29) is 6.10 Å². The van der Waals surface area contributed by atoms with E-state index < -0.39 is 0 Å². The van der Waals surface area contributed by atoms with Gasteiger partial charge in [-0.15, -0.1) is 0 Å². The molecule has 21 aromatic rings. The quantitative estimate of drug-likeness (QED) is 0.0339. The molecule has 690 valence electrons. The number of nitrogens with zero attached hydrogens (tertiary/aromatic N) is 28. The first kappa shape index (κ1) is 86.6. The summed E-state index contributed by atoms with van der Waals surface area (Å²) in [6, 6.07) is 29.3. The molecule has 39 heteroatoms. The number of anilines is 11. The predicted molar refractivity (Wildman–Crippen MR) is 527 cm³/mol. The van der Waals surface area contributed by atoms with Gasteiger partial charge in [0, 0.05) is 234 Å². The Labute approximate surface area is 786 Å². The molecule has 25 rings (SSSR count). The van der Waals surface area contributed by atoms with Gasteiger partial charge in [-0.3, -0.25) is 45.4 Å². The van der Waals surface area contributed by atoms with Crippen molar-refractivity contribution in [1.82, 2.24) is 156 Å². The van der Waals surface area contributed by atoms with Gasteiger partial charge < -0.3 is 62.1 Å². The SMILES string of the molecule is CC(C)Oc1cccc(Nc2nccn3c(-c4cnn(C)c4)cnc23)c1.Cn1cc(-c2cnc3c(Nc4ccc(-n5ccnc5)cc4)nc(C4CCCNC4)cn23)cn1.Cn1cc(-c2cnc3c(Nc4ccc5c(c4)CNCC5)nccn23)cn1.Cn1cc(-c2cnc3c(Nc4ccc5c(c4)NCCC5)nccn23)cn1.Cn1cc(-c2cnc3c(Nc4ncc(C5CCCN5)[nH]4)nccn23)cn1. The number of hydrogen-bond donors (Lipinski definition) is 10. The molecule has 0 spiro atoms. The number of imidazole rings is 7. The van der Waals surface area contributed by atoms with Crippen molar-refractivity contribution in [1.29, 1.82) is 0 Å². The van der Waals surface area contributed by atoms with Crippen molar-refractivity contribution in [2.75, 3.05) is 64.6 Å². The molecular formula is C98H102N38O. The fourth-order valence-corrected chi connectivity index (χ4v) is 17.6. The summed E-state index contributed by atoms with van der Waals surface area (Å²) in [6.45, 7) is 10.1. The Hall–Kier alpha value is -17.1. The lowest BCUT2D eigenvalue weighted by molar-refractivity contribution is 0.242. The van der Waals surface area contributed by atoms with Crippen LogP contribution in [0.15, 0.2) is 259 Å². The summed E-state index contributed by atoms with van der Waals surface area (Å²) in [5, 5.41) is 52.1. The van der Waals surface area contributed by atoms with Crippen molar-refractivity contribution >= 4 is 91.7 Å². The molecule has 21 heterocycles. The van der Waals surface area contributed by atoms with Gasteiger partial charge in [-0.2, -0.15) is 25.5 Å². The second kappa shape index (κ2) is 38.6. The molecule has 2 atom stereocenters. The number of aryl methyl sites for hydroxylation is 6. The van der Waals surface area contributed by atoms with Crippen LogP contribution in [-0.2, 0) is 54.6 Å². The summed E-state index contributed by atoms with van der Waals surface area (Å²) in [5.74, 6) is 5.42. The van der Waals surface area contributed by atoms with Crippen LogP contribution in [0.1, 0.15) is 86.0 Å². The Morgan fingerprint density at radius 1 is 0.401 bits per heavy atom. The zero-order valence-corrected chi connectivity index (χ0v) is 76.6. The molecule has 0 saturated carbocycles. The maximum atomic E-state index is 5.75. The minimum absolute atomic E-state index is 0.126. The fourth-order valence-electron chi connectivity index (χ4n) is 17.6. The Balaban J connectivity index is 0.000000103. The van der Waals surface area contributed by atoms with Gasteiger partial charge in [-0.1, -0.05) is 18.2 Å². The van der Waals surface area contributed by atoms with Crippen LogP contribution in [0.4, 0.5) is 63.5 Å². The van der Waals surface area contributed by atoms with E-state index in [2.05, 4.69) is 187 Å². The van der Waals surface area contributed by atoms with Crippen LogP contribution in [0.5, 0.6) is 5.75 Å². The third-order valence-corrected chi connectivity index (χ3v) is 24.3. The smallest absolute Gasteiger partial charge is 0.206 e. The number of piperidine rings is 1. The standard InChI is InChI=1S/C24H25N9.2C19H19N7.C19H20N6O.C17H19N9/c1-31-14-18(12-28-31)22-13-27-24-23(30-21(15-33(22)24)17-3-2-8-25-11-17)29-19-4-6-20(7-5-19)32-10-9-26-16-32;1-25-12-15(10-23-25)17-11-22-19-18(21-6-7-26(17)19)24-16-3-2-13-4-5-20-9-14(13)8-16;1-25-12-14(10-23-25)17-11-22-19-18(21-7-8-26(17)19)24-15-5-4-13-3-2-6-20-16(13)9-15;1-13(2)26-16-6-4-5-15(9-16)23-18-19-21-11-17(25(19)8-7-20-18)14-10-22-24(3)12-14;1-25-10-11(7-22-25)14-9-20-16-15(19-5-6-26(14)16)24-17-21-8-13(23-17)12-3-2-4-18-12/h4-7,9-10,12-17,25H,2-3,8,11H2,1H3,(H,29,30);2-3,6-8,10-12,20H,4-5,9H2,1H3,(H,21,24);4-5,7-12,20H,2-3,6H2,1H3,(H,21,24);4-13H,1-3H3,(H,20,23);5-10,12,18H,2-4H2,1H3,(H2,19,21,23,24). The predicted octanol–water partition coefficient (Wildman–Crippen LogP) is 15.0. The fraction of sp³-hybridized carbons (Fsp3) is 0.235. The number of aromatic nitrogens is 29. The van der Waals surface area contributed by atoms with Crippen molar-refractivity contribution in [2.24, 2.45) is 35.2 Å². The molecule has 10 N–H and O–H groups in total. The lowest BCUT2D eigenvalue weighted by atomic mass is 9.96. The zero-order valence-electron chi connectivity index (χ0n) is 76.6. The van der Waals surface area contributed by atoms with Gasteiger partial charge in [0.05, 0.1) is 120 Å². The van der Waals surface area contributed by atoms with Crippen LogP contribution < -0.4 is 52.6 Å². The topological polar surface area (TPSA) is 404 Å². The van der Waals surface area contributed by atoms with Crippen LogP contribution in [0, 0.1) is 0 Å². The maximum Gasteiger partial charge on any atom is 0.206 e. The van der Waals surface area contributed by atoms with Crippen LogP contribution in [0.3, 0.4) is 0 Å². The van der Waals surface area contributed by atoms with E-state index in [1.54, 1.807) is 56.0 Å². The van der Waals surface area contributed by atoms with Crippen molar-refractivity contribution < 1.29 is 4.74 Å². The molecule has 39 nitrogen and oxygen atoms in total. The summed E-state index contributed by atoms with van der Waals surface area (Å²) >= 11 is 0. The second-order valence-corrected chi connectivity index (χ2v) is 34.3. The first-order chi connectivity index (χ1) is 67.2. The molecule has 2 saturated heterocycles. The summed E-state index contributed by atoms with van der Waals surface area (Å²) in [4.78, 5) is 57.7. The molecule has 0 aliphatic carbocycles. The number of hydrogen-bond acceptors (Lipinski definition) is 27. The monoisotopic (exact) mass is 1830 g/mol. The van der Waals surface area contributed by atoms with Gasteiger partial charge in [0.15, 0.2) is 57.3 Å². The average Bonchev–Trinajstić information content (AvgIpc) is 1.64. The molecule has 137 heavy (non-hydrogen) atoms.